The van der Waals surface area contributed by atoms with Crippen molar-refractivity contribution in [2.45, 2.75) is 0 Å². The molecule has 2 aromatic rings. The summed E-state index contributed by atoms with van der Waals surface area (Å²) in [5.41, 5.74) is 7.15. The minimum absolute atomic E-state index is 0.263. The molecule has 2 amide bonds. The first-order valence-corrected chi connectivity index (χ1v) is 6.89. The van der Waals surface area contributed by atoms with Crippen LogP contribution in [-0.4, -0.2) is 11.8 Å². The third-order valence-corrected chi connectivity index (χ3v) is 3.86. The maximum atomic E-state index is 12.4. The number of benzene rings is 2. The van der Waals surface area contributed by atoms with Gasteiger partial charge in [0, 0.05) is 10.2 Å². The van der Waals surface area contributed by atoms with E-state index in [0.717, 1.165) is 9.37 Å². The van der Waals surface area contributed by atoms with E-state index in [1.165, 1.54) is 6.07 Å². The van der Waals surface area contributed by atoms with Crippen molar-refractivity contribution in [3.8, 4) is 0 Å². The van der Waals surface area contributed by atoms with E-state index >= 15 is 0 Å². The molecule has 20 heavy (non-hydrogen) atoms. The Labute approximate surface area is 128 Å². The van der Waals surface area contributed by atoms with Crippen LogP contribution in [0, 0.1) is 0 Å². The predicted molar refractivity (Wildman–Crippen MR) is 81.1 cm³/mol. The number of nitrogens with zero attached hydrogens (tertiary/aromatic N) is 1. The first-order valence-electron chi connectivity index (χ1n) is 5.72. The van der Waals surface area contributed by atoms with Gasteiger partial charge in [0.05, 0.1) is 21.8 Å². The van der Waals surface area contributed by atoms with Crippen molar-refractivity contribution in [1.29, 1.82) is 0 Å². The lowest BCUT2D eigenvalue weighted by Crippen LogP contribution is -2.29. The van der Waals surface area contributed by atoms with Gasteiger partial charge in [0.2, 0.25) is 0 Å². The number of anilines is 2. The fraction of sp³-hybridized carbons (Fsp3) is 0. The average Bonchev–Trinajstić information content (AvgIpc) is 2.63. The van der Waals surface area contributed by atoms with Crippen LogP contribution < -0.4 is 10.6 Å². The molecule has 1 aliphatic rings. The van der Waals surface area contributed by atoms with Crippen LogP contribution in [0.25, 0.3) is 0 Å². The number of hydrogen-bond acceptors (Lipinski definition) is 3. The first-order chi connectivity index (χ1) is 9.49. The van der Waals surface area contributed by atoms with E-state index in [-0.39, 0.29) is 10.9 Å². The normalized spacial score (nSPS) is 13.8. The lowest BCUT2D eigenvalue weighted by molar-refractivity contribution is 0.0926. The molecule has 0 saturated carbocycles. The Morgan fingerprint density at radius 2 is 1.70 bits per heavy atom. The number of amides is 2. The maximum Gasteiger partial charge on any atom is 0.266 e. The van der Waals surface area contributed by atoms with E-state index in [0.29, 0.717) is 22.5 Å². The molecule has 4 nitrogen and oxygen atoms in total. The Morgan fingerprint density at radius 1 is 1.00 bits per heavy atom. The molecule has 0 atom stereocenters. The van der Waals surface area contributed by atoms with Gasteiger partial charge in [0.15, 0.2) is 0 Å². The average molecular weight is 352 g/mol. The van der Waals surface area contributed by atoms with Crippen molar-refractivity contribution in [3.05, 3.63) is 57.0 Å². The summed E-state index contributed by atoms with van der Waals surface area (Å²) in [4.78, 5) is 25.8. The summed E-state index contributed by atoms with van der Waals surface area (Å²) in [5, 5.41) is 0.263. The van der Waals surface area contributed by atoms with Crippen LogP contribution in [0.5, 0.6) is 0 Å². The van der Waals surface area contributed by atoms with Gasteiger partial charge in [-0.1, -0.05) is 27.5 Å². The molecule has 1 heterocycles. The van der Waals surface area contributed by atoms with Crippen molar-refractivity contribution >= 4 is 50.7 Å². The molecule has 0 unspecified atom stereocenters. The predicted octanol–water partition coefficient (Wildman–Crippen LogP) is 3.49. The quantitative estimate of drug-likeness (QED) is 0.632. The number of fused-ring (bicyclic) bond motifs is 1. The molecular formula is C14H8BrClN2O2. The van der Waals surface area contributed by atoms with Crippen LogP contribution in [0.1, 0.15) is 20.7 Å². The molecule has 0 spiro atoms. The third kappa shape index (κ3) is 1.90. The molecule has 2 aromatic carbocycles. The standard InChI is InChI=1S/C14H8BrClN2O2/c15-7-1-3-9-10(5-7)14(20)18(13(9)19)12-4-2-8(17)6-11(12)16/h1-6H,17H2. The highest BCUT2D eigenvalue weighted by molar-refractivity contribution is 9.10. The fourth-order valence-electron chi connectivity index (χ4n) is 2.14. The Bertz CT molecular complexity index is 761. The Hall–Kier alpha value is -1.85. The van der Waals surface area contributed by atoms with Gasteiger partial charge in [-0.15, -0.1) is 0 Å². The van der Waals surface area contributed by atoms with Gasteiger partial charge >= 0.3 is 0 Å². The number of carbonyl (C=O) groups excluding carboxylic acids is 2. The number of carbonyl (C=O) groups is 2. The highest BCUT2D eigenvalue weighted by Gasteiger charge is 2.37. The van der Waals surface area contributed by atoms with E-state index in [1.54, 1.807) is 30.3 Å². The number of nitrogens with two attached hydrogens (primary N) is 1. The SMILES string of the molecule is Nc1ccc(N2C(=O)c3ccc(Br)cc3C2=O)c(Cl)c1. The lowest BCUT2D eigenvalue weighted by Gasteiger charge is -2.15. The van der Waals surface area contributed by atoms with Crippen LogP contribution in [0.4, 0.5) is 11.4 Å². The second-order valence-corrected chi connectivity index (χ2v) is 5.67. The number of rotatable bonds is 1. The van der Waals surface area contributed by atoms with Crippen molar-refractivity contribution < 1.29 is 9.59 Å². The minimum Gasteiger partial charge on any atom is -0.399 e. The van der Waals surface area contributed by atoms with E-state index in [9.17, 15) is 9.59 Å². The molecular weight excluding hydrogens is 344 g/mol. The van der Waals surface area contributed by atoms with Crippen LogP contribution >= 0.6 is 27.5 Å². The number of imide groups is 1. The first kappa shape index (κ1) is 13.1. The topological polar surface area (TPSA) is 63.4 Å². The molecule has 0 radical (unpaired) electrons. The molecule has 1 aliphatic heterocycles. The summed E-state index contributed by atoms with van der Waals surface area (Å²) in [5.74, 6) is -0.776. The van der Waals surface area contributed by atoms with Gasteiger partial charge in [-0.05, 0) is 36.4 Å². The van der Waals surface area contributed by atoms with Gasteiger partial charge < -0.3 is 5.73 Å². The molecule has 0 bridgehead atoms. The zero-order valence-corrected chi connectivity index (χ0v) is 12.4. The van der Waals surface area contributed by atoms with Gasteiger partial charge in [-0.3, -0.25) is 9.59 Å². The summed E-state index contributed by atoms with van der Waals surface area (Å²) in [6.07, 6.45) is 0. The van der Waals surface area contributed by atoms with E-state index in [4.69, 9.17) is 17.3 Å². The lowest BCUT2D eigenvalue weighted by atomic mass is 10.1. The number of nitrogen functional groups attached to an aromatic ring is 1. The molecule has 0 aliphatic carbocycles. The monoisotopic (exact) mass is 350 g/mol. The van der Waals surface area contributed by atoms with Crippen LogP contribution in [0.2, 0.25) is 5.02 Å². The summed E-state index contributed by atoms with van der Waals surface area (Å²) < 4.78 is 0.739. The largest absolute Gasteiger partial charge is 0.399 e. The highest BCUT2D eigenvalue weighted by atomic mass is 79.9. The van der Waals surface area contributed by atoms with Crippen molar-refractivity contribution in [2.24, 2.45) is 0 Å². The van der Waals surface area contributed by atoms with Crippen molar-refractivity contribution in [2.75, 3.05) is 10.6 Å². The Kier molecular flexibility index (Phi) is 3.03. The molecule has 6 heteroatoms. The Balaban J connectivity index is 2.14. The van der Waals surface area contributed by atoms with E-state index < -0.39 is 5.91 Å². The highest BCUT2D eigenvalue weighted by Crippen LogP contribution is 2.35. The van der Waals surface area contributed by atoms with Crippen LogP contribution in [0.15, 0.2) is 40.9 Å². The maximum absolute atomic E-state index is 12.4. The fourth-order valence-corrected chi connectivity index (χ4v) is 2.77. The van der Waals surface area contributed by atoms with Gasteiger partial charge in [0.25, 0.3) is 11.8 Å². The molecule has 100 valence electrons. The van der Waals surface area contributed by atoms with E-state index in [1.807, 2.05) is 0 Å². The third-order valence-electron chi connectivity index (χ3n) is 3.06. The molecule has 0 aromatic heterocycles. The van der Waals surface area contributed by atoms with Crippen LogP contribution in [-0.2, 0) is 0 Å². The molecule has 0 fully saturated rings. The summed E-state index contributed by atoms with van der Waals surface area (Å²) in [7, 11) is 0. The van der Waals surface area contributed by atoms with Gasteiger partial charge in [-0.25, -0.2) is 4.90 Å². The Morgan fingerprint density at radius 3 is 2.40 bits per heavy atom. The second kappa shape index (κ2) is 4.61. The smallest absolute Gasteiger partial charge is 0.266 e. The zero-order chi connectivity index (χ0) is 14.4. The van der Waals surface area contributed by atoms with E-state index in [2.05, 4.69) is 15.9 Å². The van der Waals surface area contributed by atoms with Crippen molar-refractivity contribution in [1.82, 2.24) is 0 Å². The summed E-state index contributed by atoms with van der Waals surface area (Å²) in [6, 6.07) is 9.63. The molecule has 0 saturated heterocycles. The summed E-state index contributed by atoms with van der Waals surface area (Å²) >= 11 is 9.37. The zero-order valence-electron chi connectivity index (χ0n) is 10.1. The second-order valence-electron chi connectivity index (χ2n) is 4.35. The summed E-state index contributed by atoms with van der Waals surface area (Å²) in [6.45, 7) is 0. The van der Waals surface area contributed by atoms with Crippen molar-refractivity contribution in [3.63, 3.8) is 0 Å². The van der Waals surface area contributed by atoms with Crippen LogP contribution in [0.3, 0.4) is 0 Å². The van der Waals surface area contributed by atoms with Gasteiger partial charge in [-0.2, -0.15) is 0 Å². The molecule has 2 N–H and O–H groups in total. The number of hydrogen-bond donors (Lipinski definition) is 1. The number of halogens is 2. The molecule has 3 rings (SSSR count). The van der Waals surface area contributed by atoms with Gasteiger partial charge in [0.1, 0.15) is 0 Å². The minimum atomic E-state index is -0.391.